The molecule has 1 rings (SSSR count). The van der Waals surface area contributed by atoms with E-state index in [0.717, 1.165) is 0 Å². The number of carbonyl (C=O) groups excluding carboxylic acids is 1. The van der Waals surface area contributed by atoms with Crippen molar-refractivity contribution in [2.75, 3.05) is 7.11 Å². The van der Waals surface area contributed by atoms with E-state index in [-0.39, 0.29) is 18.6 Å². The predicted octanol–water partition coefficient (Wildman–Crippen LogP) is 1.20. The third kappa shape index (κ3) is 4.06. The molecule has 1 unspecified atom stereocenters. The van der Waals surface area contributed by atoms with E-state index in [9.17, 15) is 14.7 Å². The Balaban J connectivity index is 3.09. The van der Waals surface area contributed by atoms with Gasteiger partial charge in [-0.3, -0.25) is 9.59 Å². The second-order valence-electron chi connectivity index (χ2n) is 4.72. The van der Waals surface area contributed by atoms with E-state index in [4.69, 9.17) is 9.84 Å². The first-order valence-electron chi connectivity index (χ1n) is 5.87. The molecule has 0 fully saturated rings. The van der Waals surface area contributed by atoms with E-state index < -0.39 is 11.6 Å². The number of Topliss-reactive ketones (excluding diaryl/α,β-unsaturated/α-hetero) is 1. The van der Waals surface area contributed by atoms with E-state index in [0.29, 0.717) is 16.9 Å². The second kappa shape index (κ2) is 5.84. The summed E-state index contributed by atoms with van der Waals surface area (Å²) in [5.41, 5.74) is -0.279. The zero-order valence-corrected chi connectivity index (χ0v) is 11.3. The Hall–Kier alpha value is -1.88. The number of carbonyl (C=O) groups is 2. The Morgan fingerprint density at radius 3 is 2.47 bits per heavy atom. The summed E-state index contributed by atoms with van der Waals surface area (Å²) < 4.78 is 5.16. The Morgan fingerprint density at radius 2 is 2.00 bits per heavy atom. The molecule has 2 N–H and O–H groups in total. The zero-order chi connectivity index (χ0) is 14.6. The monoisotopic (exact) mass is 266 g/mol. The molecule has 19 heavy (non-hydrogen) atoms. The second-order valence-corrected chi connectivity index (χ2v) is 4.72. The highest BCUT2D eigenvalue weighted by Crippen LogP contribution is 2.25. The van der Waals surface area contributed by atoms with Gasteiger partial charge in [-0.2, -0.15) is 0 Å². The quantitative estimate of drug-likeness (QED) is 0.808. The average molecular weight is 266 g/mol. The largest absolute Gasteiger partial charge is 0.496 e. The smallest absolute Gasteiger partial charge is 0.307 e. The lowest BCUT2D eigenvalue weighted by Gasteiger charge is -2.21. The molecule has 0 spiro atoms. The van der Waals surface area contributed by atoms with Crippen molar-refractivity contribution in [1.29, 1.82) is 0 Å². The number of aliphatic carboxylic acids is 1. The van der Waals surface area contributed by atoms with E-state index >= 15 is 0 Å². The van der Waals surface area contributed by atoms with Gasteiger partial charge in [-0.15, -0.1) is 0 Å². The third-order valence-electron chi connectivity index (χ3n) is 2.99. The minimum Gasteiger partial charge on any atom is -0.496 e. The van der Waals surface area contributed by atoms with Crippen molar-refractivity contribution < 1.29 is 24.5 Å². The molecule has 0 heterocycles. The highest BCUT2D eigenvalue weighted by atomic mass is 16.5. The van der Waals surface area contributed by atoms with Crippen LogP contribution in [-0.4, -0.2) is 34.7 Å². The van der Waals surface area contributed by atoms with Crippen molar-refractivity contribution in [2.24, 2.45) is 0 Å². The maximum Gasteiger partial charge on any atom is 0.307 e. The van der Waals surface area contributed by atoms with E-state index in [1.54, 1.807) is 18.2 Å². The van der Waals surface area contributed by atoms with Gasteiger partial charge in [0.25, 0.3) is 0 Å². The van der Waals surface area contributed by atoms with E-state index in [1.807, 2.05) is 0 Å². The summed E-state index contributed by atoms with van der Waals surface area (Å²) in [6, 6.07) is 4.94. The van der Waals surface area contributed by atoms with Crippen LogP contribution in [0.3, 0.4) is 0 Å². The Labute approximate surface area is 111 Å². The molecule has 0 radical (unpaired) electrons. The SMILES string of the molecule is COc1ccc(CC(=O)O)cc1CC(C)(O)C(C)=O. The van der Waals surface area contributed by atoms with Gasteiger partial charge >= 0.3 is 5.97 Å². The van der Waals surface area contributed by atoms with Gasteiger partial charge in [0.2, 0.25) is 0 Å². The van der Waals surface area contributed by atoms with Crippen molar-refractivity contribution >= 4 is 11.8 Å². The van der Waals surface area contributed by atoms with Crippen LogP contribution in [0.15, 0.2) is 18.2 Å². The molecule has 0 saturated carbocycles. The first-order valence-corrected chi connectivity index (χ1v) is 5.87. The van der Waals surface area contributed by atoms with Gasteiger partial charge in [-0.25, -0.2) is 0 Å². The fourth-order valence-corrected chi connectivity index (χ4v) is 1.75. The lowest BCUT2D eigenvalue weighted by molar-refractivity contribution is -0.136. The zero-order valence-electron chi connectivity index (χ0n) is 11.3. The summed E-state index contributed by atoms with van der Waals surface area (Å²) in [5.74, 6) is -0.761. The molecule has 0 aromatic heterocycles. The first kappa shape index (κ1) is 15.2. The first-order chi connectivity index (χ1) is 8.76. The van der Waals surface area contributed by atoms with Crippen molar-refractivity contribution in [3.8, 4) is 5.75 Å². The standard InChI is InChI=1S/C14H18O5/c1-9(15)14(2,18)8-11-6-10(7-13(16)17)4-5-12(11)19-3/h4-6,18H,7-8H2,1-3H3,(H,16,17). The lowest BCUT2D eigenvalue weighted by Crippen LogP contribution is -2.35. The molecule has 0 aliphatic heterocycles. The lowest BCUT2D eigenvalue weighted by atomic mass is 9.91. The van der Waals surface area contributed by atoms with Crippen LogP contribution in [0, 0.1) is 0 Å². The fourth-order valence-electron chi connectivity index (χ4n) is 1.75. The molecule has 1 atom stereocenters. The van der Waals surface area contributed by atoms with E-state index in [2.05, 4.69) is 0 Å². The highest BCUT2D eigenvalue weighted by molar-refractivity contribution is 5.84. The molecule has 104 valence electrons. The van der Waals surface area contributed by atoms with Crippen molar-refractivity contribution in [3.05, 3.63) is 29.3 Å². The molecule has 0 bridgehead atoms. The van der Waals surface area contributed by atoms with E-state index in [1.165, 1.54) is 21.0 Å². The van der Waals surface area contributed by atoms with Crippen LogP contribution in [-0.2, 0) is 22.4 Å². The number of ether oxygens (including phenoxy) is 1. The van der Waals surface area contributed by atoms with Gasteiger partial charge in [0, 0.05) is 6.42 Å². The topological polar surface area (TPSA) is 83.8 Å². The summed E-state index contributed by atoms with van der Waals surface area (Å²) in [6.07, 6.45) is -0.0296. The summed E-state index contributed by atoms with van der Waals surface area (Å²) in [6.45, 7) is 2.74. The van der Waals surface area contributed by atoms with Crippen molar-refractivity contribution in [3.63, 3.8) is 0 Å². The predicted molar refractivity (Wildman–Crippen MR) is 69.3 cm³/mol. The van der Waals surface area contributed by atoms with Crippen LogP contribution in [0.4, 0.5) is 0 Å². The fraction of sp³-hybridized carbons (Fsp3) is 0.429. The van der Waals surface area contributed by atoms with Crippen LogP contribution in [0.1, 0.15) is 25.0 Å². The number of benzene rings is 1. The number of ketones is 1. The molecule has 1 aromatic rings. The highest BCUT2D eigenvalue weighted by Gasteiger charge is 2.28. The van der Waals surface area contributed by atoms with Gasteiger partial charge in [0.15, 0.2) is 5.78 Å². The Morgan fingerprint density at radius 1 is 1.37 bits per heavy atom. The minimum atomic E-state index is -1.49. The Kier molecular flexibility index (Phi) is 4.67. The normalized spacial score (nSPS) is 13.7. The van der Waals surface area contributed by atoms with Crippen LogP contribution in [0.25, 0.3) is 0 Å². The molecule has 0 aliphatic carbocycles. The van der Waals surface area contributed by atoms with Gasteiger partial charge in [0.05, 0.1) is 13.5 Å². The minimum absolute atomic E-state index is 0.0823. The van der Waals surface area contributed by atoms with Crippen LogP contribution in [0.5, 0.6) is 5.75 Å². The number of carboxylic acids is 1. The molecule has 0 saturated heterocycles. The van der Waals surface area contributed by atoms with Crippen LogP contribution in [0.2, 0.25) is 0 Å². The average Bonchev–Trinajstić information content (AvgIpc) is 2.27. The van der Waals surface area contributed by atoms with Gasteiger partial charge < -0.3 is 14.9 Å². The number of aliphatic hydroxyl groups is 1. The van der Waals surface area contributed by atoms with Gasteiger partial charge in [-0.1, -0.05) is 12.1 Å². The maximum absolute atomic E-state index is 11.3. The van der Waals surface area contributed by atoms with Gasteiger partial charge in [-0.05, 0) is 31.0 Å². The Bertz CT molecular complexity index is 491. The van der Waals surface area contributed by atoms with Crippen molar-refractivity contribution in [2.45, 2.75) is 32.3 Å². The molecule has 1 aromatic carbocycles. The molecular weight excluding hydrogens is 248 g/mol. The maximum atomic E-state index is 11.3. The summed E-state index contributed by atoms with van der Waals surface area (Å²) in [5, 5.41) is 18.8. The summed E-state index contributed by atoms with van der Waals surface area (Å²) in [4.78, 5) is 22.0. The summed E-state index contributed by atoms with van der Waals surface area (Å²) in [7, 11) is 1.48. The molecular formula is C14H18O5. The van der Waals surface area contributed by atoms with Crippen LogP contribution >= 0.6 is 0 Å². The van der Waals surface area contributed by atoms with Crippen molar-refractivity contribution in [1.82, 2.24) is 0 Å². The molecule has 5 heteroatoms. The molecule has 0 amide bonds. The molecule has 5 nitrogen and oxygen atoms in total. The number of methoxy groups -OCH3 is 1. The number of hydrogen-bond donors (Lipinski definition) is 2. The number of carboxylic acid groups (broad SMARTS) is 1. The number of rotatable bonds is 6. The summed E-state index contributed by atoms with van der Waals surface area (Å²) >= 11 is 0. The van der Waals surface area contributed by atoms with Gasteiger partial charge in [0.1, 0.15) is 11.4 Å². The van der Waals surface area contributed by atoms with Crippen LogP contribution < -0.4 is 4.74 Å². The third-order valence-corrected chi connectivity index (χ3v) is 2.99. The molecule has 0 aliphatic rings. The number of hydrogen-bond acceptors (Lipinski definition) is 4.